The van der Waals surface area contributed by atoms with Gasteiger partial charge in [0.05, 0.1) is 18.2 Å². The van der Waals surface area contributed by atoms with Gasteiger partial charge in [-0.1, -0.05) is 19.3 Å². The summed E-state index contributed by atoms with van der Waals surface area (Å²) in [5.74, 6) is 0.118. The molecule has 1 saturated carbocycles. The second-order valence-electron chi connectivity index (χ2n) is 5.75. The summed E-state index contributed by atoms with van der Waals surface area (Å²) in [6.07, 6.45) is 8.75. The molecule has 0 spiro atoms. The van der Waals surface area contributed by atoms with E-state index in [2.05, 4.69) is 10.6 Å². The first-order chi connectivity index (χ1) is 8.71. The van der Waals surface area contributed by atoms with Crippen LogP contribution in [-0.4, -0.2) is 37.2 Å². The molecule has 2 N–H and O–H groups in total. The van der Waals surface area contributed by atoms with Crippen molar-refractivity contribution in [1.82, 2.24) is 10.6 Å². The molecule has 2 rings (SSSR count). The topological polar surface area (TPSA) is 50.4 Å². The third-order valence-electron chi connectivity index (χ3n) is 4.16. The van der Waals surface area contributed by atoms with E-state index in [-0.39, 0.29) is 11.4 Å². The lowest BCUT2D eigenvalue weighted by Gasteiger charge is -2.24. The van der Waals surface area contributed by atoms with Gasteiger partial charge in [-0.2, -0.15) is 0 Å². The van der Waals surface area contributed by atoms with E-state index in [1.165, 1.54) is 32.1 Å². The van der Waals surface area contributed by atoms with E-state index in [1.807, 2.05) is 6.92 Å². The highest BCUT2D eigenvalue weighted by Crippen LogP contribution is 2.20. The number of ether oxygens (including phenoxy) is 1. The molecule has 0 radical (unpaired) electrons. The normalized spacial score (nSPS) is 29.4. The molecule has 0 aromatic carbocycles. The molecule has 1 unspecified atom stereocenters. The second-order valence-corrected chi connectivity index (χ2v) is 5.75. The average Bonchev–Trinajstić information content (AvgIpc) is 2.84. The summed E-state index contributed by atoms with van der Waals surface area (Å²) in [5.41, 5.74) is -0.356. The third-order valence-corrected chi connectivity index (χ3v) is 4.16. The maximum absolute atomic E-state index is 12.0. The largest absolute Gasteiger partial charge is 0.376 e. The predicted molar refractivity (Wildman–Crippen MR) is 71.5 cm³/mol. The summed E-state index contributed by atoms with van der Waals surface area (Å²) >= 11 is 0. The van der Waals surface area contributed by atoms with Gasteiger partial charge in [0.15, 0.2) is 0 Å². The van der Waals surface area contributed by atoms with Gasteiger partial charge in [-0.25, -0.2) is 0 Å². The fraction of sp³-hybridized carbons (Fsp3) is 0.929. The van der Waals surface area contributed by atoms with E-state index in [0.717, 1.165) is 19.4 Å². The van der Waals surface area contributed by atoms with Crippen molar-refractivity contribution >= 4 is 5.91 Å². The fourth-order valence-electron chi connectivity index (χ4n) is 2.91. The Balaban J connectivity index is 1.58. The monoisotopic (exact) mass is 254 g/mol. The van der Waals surface area contributed by atoms with E-state index in [9.17, 15) is 4.79 Å². The molecule has 104 valence electrons. The quantitative estimate of drug-likeness (QED) is 0.733. The Hall–Kier alpha value is -0.610. The minimum atomic E-state index is -0.356. The highest BCUT2D eigenvalue weighted by atomic mass is 16.5. The zero-order valence-electron chi connectivity index (χ0n) is 11.5. The summed E-state index contributed by atoms with van der Waals surface area (Å²) in [4.78, 5) is 12.0. The SMILES string of the molecule is CC1(C(=O)NCCOC2CCCCC2)CCCN1. The van der Waals surface area contributed by atoms with E-state index in [1.54, 1.807) is 0 Å². The molecule has 0 bridgehead atoms. The molecular weight excluding hydrogens is 228 g/mol. The molecule has 2 fully saturated rings. The first-order valence-electron chi connectivity index (χ1n) is 7.36. The maximum Gasteiger partial charge on any atom is 0.240 e. The lowest BCUT2D eigenvalue weighted by molar-refractivity contribution is -0.126. The zero-order chi connectivity index (χ0) is 12.8. The summed E-state index contributed by atoms with van der Waals surface area (Å²) < 4.78 is 5.79. The number of carbonyl (C=O) groups excluding carboxylic acids is 1. The molecule has 4 nitrogen and oxygen atoms in total. The minimum Gasteiger partial charge on any atom is -0.376 e. The van der Waals surface area contributed by atoms with Crippen molar-refractivity contribution in [3.63, 3.8) is 0 Å². The van der Waals surface area contributed by atoms with E-state index < -0.39 is 0 Å². The van der Waals surface area contributed by atoms with Crippen LogP contribution < -0.4 is 10.6 Å². The highest BCUT2D eigenvalue weighted by Gasteiger charge is 2.35. The van der Waals surface area contributed by atoms with Gasteiger partial charge in [-0.15, -0.1) is 0 Å². The fourth-order valence-corrected chi connectivity index (χ4v) is 2.91. The molecular formula is C14H26N2O2. The molecule has 4 heteroatoms. The van der Waals surface area contributed by atoms with Crippen LogP contribution in [0.5, 0.6) is 0 Å². The lowest BCUT2D eigenvalue weighted by Crippen LogP contribution is -2.51. The Labute approximate surface area is 110 Å². The Kier molecular flexibility index (Phi) is 5.01. The van der Waals surface area contributed by atoms with Gasteiger partial charge in [-0.3, -0.25) is 4.79 Å². The molecule has 0 aromatic heterocycles. The minimum absolute atomic E-state index is 0.118. The molecule has 18 heavy (non-hydrogen) atoms. The van der Waals surface area contributed by atoms with Crippen molar-refractivity contribution in [2.24, 2.45) is 0 Å². The molecule has 1 amide bonds. The van der Waals surface area contributed by atoms with Crippen LogP contribution in [-0.2, 0) is 9.53 Å². The standard InChI is InChI=1S/C14H26N2O2/c1-14(8-5-9-16-14)13(17)15-10-11-18-12-6-3-2-4-7-12/h12,16H,2-11H2,1H3,(H,15,17). The summed E-state index contributed by atoms with van der Waals surface area (Å²) in [5, 5.41) is 6.25. The Bertz CT molecular complexity index is 269. The molecule has 1 saturated heterocycles. The molecule has 2 aliphatic rings. The van der Waals surface area contributed by atoms with Crippen LogP contribution in [0.25, 0.3) is 0 Å². The highest BCUT2D eigenvalue weighted by molar-refractivity contribution is 5.86. The molecule has 1 aliphatic heterocycles. The van der Waals surface area contributed by atoms with E-state index >= 15 is 0 Å². The Morgan fingerprint density at radius 1 is 1.33 bits per heavy atom. The first-order valence-corrected chi connectivity index (χ1v) is 7.36. The van der Waals surface area contributed by atoms with Crippen molar-refractivity contribution < 1.29 is 9.53 Å². The second kappa shape index (κ2) is 6.53. The first kappa shape index (κ1) is 13.8. The smallest absolute Gasteiger partial charge is 0.240 e. The van der Waals surface area contributed by atoms with Crippen molar-refractivity contribution in [2.75, 3.05) is 19.7 Å². The molecule has 1 atom stereocenters. The number of nitrogens with one attached hydrogen (secondary N) is 2. The van der Waals surface area contributed by atoms with Gasteiger partial charge in [0.25, 0.3) is 0 Å². The summed E-state index contributed by atoms with van der Waals surface area (Å²) in [7, 11) is 0. The van der Waals surface area contributed by atoms with Gasteiger partial charge in [0.2, 0.25) is 5.91 Å². The van der Waals surface area contributed by atoms with Crippen LogP contribution in [0.15, 0.2) is 0 Å². The maximum atomic E-state index is 12.0. The van der Waals surface area contributed by atoms with Crippen LogP contribution >= 0.6 is 0 Å². The van der Waals surface area contributed by atoms with Crippen LogP contribution in [0.1, 0.15) is 51.9 Å². The number of hydrogen-bond acceptors (Lipinski definition) is 3. The van der Waals surface area contributed by atoms with Gasteiger partial charge < -0.3 is 15.4 Å². The van der Waals surface area contributed by atoms with E-state index in [4.69, 9.17) is 4.74 Å². The summed E-state index contributed by atoms with van der Waals surface area (Å²) in [6.45, 7) is 4.21. The number of amides is 1. The number of hydrogen-bond donors (Lipinski definition) is 2. The predicted octanol–water partition coefficient (Wildman–Crippen LogP) is 1.59. The van der Waals surface area contributed by atoms with Gasteiger partial charge in [0, 0.05) is 6.54 Å². The third kappa shape index (κ3) is 3.69. The van der Waals surface area contributed by atoms with Crippen LogP contribution in [0.3, 0.4) is 0 Å². The van der Waals surface area contributed by atoms with Crippen LogP contribution in [0, 0.1) is 0 Å². The zero-order valence-corrected chi connectivity index (χ0v) is 11.5. The van der Waals surface area contributed by atoms with Crippen molar-refractivity contribution in [2.45, 2.75) is 63.5 Å². The van der Waals surface area contributed by atoms with Gasteiger partial charge in [0.1, 0.15) is 0 Å². The Morgan fingerprint density at radius 3 is 2.78 bits per heavy atom. The number of carbonyl (C=O) groups is 1. The van der Waals surface area contributed by atoms with Crippen LogP contribution in [0.2, 0.25) is 0 Å². The Morgan fingerprint density at radius 2 is 2.11 bits per heavy atom. The lowest BCUT2D eigenvalue weighted by atomic mass is 9.98. The summed E-state index contributed by atoms with van der Waals surface area (Å²) in [6, 6.07) is 0. The average molecular weight is 254 g/mol. The molecule has 1 heterocycles. The van der Waals surface area contributed by atoms with Gasteiger partial charge >= 0.3 is 0 Å². The molecule has 0 aromatic rings. The van der Waals surface area contributed by atoms with Gasteiger partial charge in [-0.05, 0) is 39.2 Å². The molecule has 1 aliphatic carbocycles. The number of rotatable bonds is 5. The van der Waals surface area contributed by atoms with Crippen molar-refractivity contribution in [3.8, 4) is 0 Å². The van der Waals surface area contributed by atoms with E-state index in [0.29, 0.717) is 19.3 Å². The van der Waals surface area contributed by atoms with Crippen molar-refractivity contribution in [1.29, 1.82) is 0 Å². The van der Waals surface area contributed by atoms with Crippen molar-refractivity contribution in [3.05, 3.63) is 0 Å². The van der Waals surface area contributed by atoms with Crippen LogP contribution in [0.4, 0.5) is 0 Å².